The minimum Gasteiger partial charge on any atom is -0.353 e. The van der Waals surface area contributed by atoms with Gasteiger partial charge in [-0.25, -0.2) is 0 Å². The van der Waals surface area contributed by atoms with E-state index in [1.807, 2.05) is 74.5 Å². The van der Waals surface area contributed by atoms with Crippen LogP contribution in [-0.4, -0.2) is 24.9 Å². The number of aryl methyl sites for hydroxylation is 2. The van der Waals surface area contributed by atoms with E-state index < -0.39 is 0 Å². The highest BCUT2D eigenvalue weighted by Gasteiger charge is 1.97. The van der Waals surface area contributed by atoms with E-state index >= 15 is 0 Å². The highest BCUT2D eigenvalue weighted by molar-refractivity contribution is 5.92. The van der Waals surface area contributed by atoms with Gasteiger partial charge in [-0.15, -0.1) is 0 Å². The number of rotatable bonds is 11. The molecule has 30 heavy (non-hydrogen) atoms. The van der Waals surface area contributed by atoms with Crippen molar-refractivity contribution in [2.24, 2.45) is 0 Å². The van der Waals surface area contributed by atoms with Crippen molar-refractivity contribution < 1.29 is 9.59 Å². The Morgan fingerprint density at radius 3 is 1.37 bits per heavy atom. The molecule has 2 N–H and O–H groups in total. The van der Waals surface area contributed by atoms with Crippen LogP contribution in [0.2, 0.25) is 0 Å². The van der Waals surface area contributed by atoms with Crippen molar-refractivity contribution in [3.05, 3.63) is 82.9 Å². The molecule has 2 aromatic rings. The molecule has 0 saturated carbocycles. The number of carbonyl (C=O) groups excluding carboxylic acids is 2. The van der Waals surface area contributed by atoms with Gasteiger partial charge < -0.3 is 10.6 Å². The Balaban J connectivity index is 1.48. The average Bonchev–Trinajstić information content (AvgIpc) is 2.74. The van der Waals surface area contributed by atoms with Gasteiger partial charge in [-0.3, -0.25) is 9.59 Å². The van der Waals surface area contributed by atoms with E-state index in [0.29, 0.717) is 13.1 Å². The lowest BCUT2D eigenvalue weighted by Gasteiger charge is -2.04. The van der Waals surface area contributed by atoms with Crippen molar-refractivity contribution in [2.75, 3.05) is 13.1 Å². The molecule has 0 atom stereocenters. The van der Waals surface area contributed by atoms with Crippen LogP contribution in [0.4, 0.5) is 0 Å². The molecule has 0 spiro atoms. The van der Waals surface area contributed by atoms with E-state index in [1.54, 1.807) is 12.2 Å². The number of nitrogens with one attached hydrogen (secondary N) is 2. The lowest BCUT2D eigenvalue weighted by atomic mass is 10.1. The van der Waals surface area contributed by atoms with Gasteiger partial charge >= 0.3 is 0 Å². The molecule has 0 aliphatic heterocycles. The predicted molar refractivity (Wildman–Crippen MR) is 125 cm³/mol. The second kappa shape index (κ2) is 13.2. The van der Waals surface area contributed by atoms with E-state index in [9.17, 15) is 9.59 Å². The monoisotopic (exact) mass is 404 g/mol. The van der Waals surface area contributed by atoms with Crippen molar-refractivity contribution in [3.63, 3.8) is 0 Å². The van der Waals surface area contributed by atoms with Gasteiger partial charge in [0.05, 0.1) is 0 Å². The number of unbranched alkanes of at least 4 members (excludes halogenated alkanes) is 3. The SMILES string of the molecule is Cc1ccc(C=CC(=O)NCCCCCCNC(=O)C=Cc2ccc(C)cc2)cc1. The number of amides is 2. The molecule has 0 aliphatic carbocycles. The largest absolute Gasteiger partial charge is 0.353 e. The highest BCUT2D eigenvalue weighted by atomic mass is 16.2. The Bertz CT molecular complexity index is 776. The quantitative estimate of drug-likeness (QED) is 0.417. The maximum atomic E-state index is 11.8. The summed E-state index contributed by atoms with van der Waals surface area (Å²) >= 11 is 0. The summed E-state index contributed by atoms with van der Waals surface area (Å²) in [6.45, 7) is 5.42. The molecule has 0 aromatic heterocycles. The fourth-order valence-corrected chi connectivity index (χ4v) is 2.84. The van der Waals surface area contributed by atoms with E-state index in [4.69, 9.17) is 0 Å². The van der Waals surface area contributed by atoms with Crippen LogP contribution >= 0.6 is 0 Å². The van der Waals surface area contributed by atoms with Crippen molar-refractivity contribution >= 4 is 24.0 Å². The van der Waals surface area contributed by atoms with Crippen LogP contribution < -0.4 is 10.6 Å². The van der Waals surface area contributed by atoms with Crippen LogP contribution in [0.15, 0.2) is 60.7 Å². The molecule has 2 amide bonds. The molecule has 0 saturated heterocycles. The Morgan fingerprint density at radius 1 is 0.633 bits per heavy atom. The van der Waals surface area contributed by atoms with E-state index in [-0.39, 0.29) is 11.8 Å². The molecule has 0 aliphatic rings. The minimum absolute atomic E-state index is 0.0665. The van der Waals surface area contributed by atoms with Crippen LogP contribution in [-0.2, 0) is 9.59 Å². The van der Waals surface area contributed by atoms with E-state index in [1.165, 1.54) is 11.1 Å². The first-order chi connectivity index (χ1) is 14.5. The topological polar surface area (TPSA) is 58.2 Å². The predicted octanol–water partition coefficient (Wildman–Crippen LogP) is 4.82. The number of benzene rings is 2. The van der Waals surface area contributed by atoms with Crippen LogP contribution in [0, 0.1) is 13.8 Å². The smallest absolute Gasteiger partial charge is 0.243 e. The molecule has 0 radical (unpaired) electrons. The number of hydrogen-bond donors (Lipinski definition) is 2. The van der Waals surface area contributed by atoms with Crippen LogP contribution in [0.1, 0.15) is 47.9 Å². The summed E-state index contributed by atoms with van der Waals surface area (Å²) in [5.41, 5.74) is 4.45. The van der Waals surface area contributed by atoms with Crippen LogP contribution in [0.25, 0.3) is 12.2 Å². The molecule has 4 heteroatoms. The summed E-state index contributed by atoms with van der Waals surface area (Å²) in [7, 11) is 0. The molecule has 0 unspecified atom stereocenters. The van der Waals surface area contributed by atoms with Gasteiger partial charge in [-0.2, -0.15) is 0 Å². The molecule has 2 rings (SSSR count). The van der Waals surface area contributed by atoms with Crippen molar-refractivity contribution in [3.8, 4) is 0 Å². The first-order valence-corrected chi connectivity index (χ1v) is 10.6. The Kier molecular flexibility index (Phi) is 10.1. The molecule has 158 valence electrons. The van der Waals surface area contributed by atoms with Gasteiger partial charge in [0.25, 0.3) is 0 Å². The second-order valence-corrected chi connectivity index (χ2v) is 7.48. The molecule has 2 aromatic carbocycles. The number of hydrogen-bond acceptors (Lipinski definition) is 2. The molecular formula is C26H32N2O2. The first kappa shape index (κ1) is 23.1. The van der Waals surface area contributed by atoms with E-state index in [0.717, 1.165) is 36.8 Å². The summed E-state index contributed by atoms with van der Waals surface area (Å²) in [6, 6.07) is 16.1. The molecule has 0 fully saturated rings. The highest BCUT2D eigenvalue weighted by Crippen LogP contribution is 2.06. The van der Waals surface area contributed by atoms with Gasteiger partial charge in [0.1, 0.15) is 0 Å². The standard InChI is InChI=1S/C26H32N2O2/c1-21-7-11-23(12-8-21)15-17-25(29)27-19-5-3-4-6-20-28-26(30)18-16-24-13-9-22(2)10-14-24/h7-18H,3-6,19-20H2,1-2H3,(H,27,29)(H,28,30). The number of carbonyl (C=O) groups is 2. The maximum absolute atomic E-state index is 11.8. The summed E-state index contributed by atoms with van der Waals surface area (Å²) in [5.74, 6) is -0.133. The third-order valence-corrected chi connectivity index (χ3v) is 4.71. The Labute approximate surface area is 180 Å². The van der Waals surface area contributed by atoms with Gasteiger partial charge in [0.15, 0.2) is 0 Å². The Morgan fingerprint density at radius 2 is 1.00 bits per heavy atom. The molecule has 0 bridgehead atoms. The molecular weight excluding hydrogens is 372 g/mol. The van der Waals surface area contributed by atoms with Crippen molar-refractivity contribution in [1.29, 1.82) is 0 Å². The second-order valence-electron chi connectivity index (χ2n) is 7.48. The first-order valence-electron chi connectivity index (χ1n) is 10.6. The lowest BCUT2D eigenvalue weighted by molar-refractivity contribution is -0.117. The van der Waals surface area contributed by atoms with Crippen LogP contribution in [0.5, 0.6) is 0 Å². The van der Waals surface area contributed by atoms with Gasteiger partial charge in [-0.1, -0.05) is 72.5 Å². The zero-order chi connectivity index (χ0) is 21.6. The van der Waals surface area contributed by atoms with Gasteiger partial charge in [0.2, 0.25) is 11.8 Å². The van der Waals surface area contributed by atoms with Crippen molar-refractivity contribution in [1.82, 2.24) is 10.6 Å². The average molecular weight is 405 g/mol. The summed E-state index contributed by atoms with van der Waals surface area (Å²) in [4.78, 5) is 23.6. The third kappa shape index (κ3) is 9.87. The minimum atomic E-state index is -0.0665. The maximum Gasteiger partial charge on any atom is 0.243 e. The van der Waals surface area contributed by atoms with Crippen LogP contribution in [0.3, 0.4) is 0 Å². The zero-order valence-electron chi connectivity index (χ0n) is 18.0. The molecule has 0 heterocycles. The summed E-state index contributed by atoms with van der Waals surface area (Å²) in [5, 5.41) is 5.81. The van der Waals surface area contributed by atoms with E-state index in [2.05, 4.69) is 10.6 Å². The summed E-state index contributed by atoms with van der Waals surface area (Å²) < 4.78 is 0. The normalized spacial score (nSPS) is 11.1. The fraction of sp³-hybridized carbons (Fsp3) is 0.308. The fourth-order valence-electron chi connectivity index (χ4n) is 2.84. The Hall–Kier alpha value is -3.14. The summed E-state index contributed by atoms with van der Waals surface area (Å²) in [6.07, 6.45) is 10.7. The van der Waals surface area contributed by atoms with Crippen molar-refractivity contribution in [2.45, 2.75) is 39.5 Å². The lowest BCUT2D eigenvalue weighted by Crippen LogP contribution is -2.23. The zero-order valence-corrected chi connectivity index (χ0v) is 18.0. The third-order valence-electron chi connectivity index (χ3n) is 4.71. The van der Waals surface area contributed by atoms with Gasteiger partial charge in [0, 0.05) is 25.2 Å². The van der Waals surface area contributed by atoms with Gasteiger partial charge in [-0.05, 0) is 50.0 Å². The molecule has 4 nitrogen and oxygen atoms in total.